The van der Waals surface area contributed by atoms with Crippen LogP contribution in [0.1, 0.15) is 17.2 Å². The predicted octanol–water partition coefficient (Wildman–Crippen LogP) is 0.756. The fourth-order valence-corrected chi connectivity index (χ4v) is 1.72. The van der Waals surface area contributed by atoms with E-state index in [0.29, 0.717) is 0 Å². The quantitative estimate of drug-likeness (QED) is 0.686. The molecule has 0 aromatic heterocycles. The highest BCUT2D eigenvalue weighted by Crippen LogP contribution is 2.15. The number of rotatable bonds is 1. The third kappa shape index (κ3) is 1.77. The van der Waals surface area contributed by atoms with Gasteiger partial charge in [0.2, 0.25) is 5.91 Å². The van der Waals surface area contributed by atoms with Gasteiger partial charge < -0.3 is 10.6 Å². The molecule has 0 radical (unpaired) electrons. The highest BCUT2D eigenvalue weighted by Gasteiger charge is 2.22. The van der Waals surface area contributed by atoms with Crippen molar-refractivity contribution in [2.75, 3.05) is 13.1 Å². The summed E-state index contributed by atoms with van der Waals surface area (Å²) in [6.45, 7) is 3.59. The van der Waals surface area contributed by atoms with Crippen LogP contribution in [0.25, 0.3) is 0 Å². The zero-order chi connectivity index (χ0) is 9.97. The highest BCUT2D eigenvalue weighted by molar-refractivity contribution is 5.83. The SMILES string of the molecule is Cc1cccc([C@@H]2NCCNC2=O)c1. The molecule has 1 atom stereocenters. The molecular weight excluding hydrogens is 176 g/mol. The number of carbonyl (C=O) groups is 1. The maximum atomic E-state index is 11.5. The molecule has 3 heteroatoms. The Morgan fingerprint density at radius 1 is 1.36 bits per heavy atom. The summed E-state index contributed by atoms with van der Waals surface area (Å²) in [6.07, 6.45) is 0. The molecule has 1 fully saturated rings. The molecule has 14 heavy (non-hydrogen) atoms. The van der Waals surface area contributed by atoms with Gasteiger partial charge in [0.15, 0.2) is 0 Å². The van der Waals surface area contributed by atoms with Gasteiger partial charge in [-0.05, 0) is 12.5 Å². The summed E-state index contributed by atoms with van der Waals surface area (Å²) in [5.74, 6) is 0.0712. The Labute approximate surface area is 83.5 Å². The van der Waals surface area contributed by atoms with Crippen molar-refractivity contribution in [3.63, 3.8) is 0 Å². The number of hydrogen-bond donors (Lipinski definition) is 2. The number of amides is 1. The van der Waals surface area contributed by atoms with E-state index in [0.717, 1.165) is 18.7 Å². The number of benzene rings is 1. The van der Waals surface area contributed by atoms with Crippen LogP contribution in [0.4, 0.5) is 0 Å². The summed E-state index contributed by atoms with van der Waals surface area (Å²) in [5.41, 5.74) is 2.23. The first kappa shape index (κ1) is 9.21. The van der Waals surface area contributed by atoms with Crippen LogP contribution in [0, 0.1) is 6.92 Å². The standard InChI is InChI=1S/C11H14N2O/c1-8-3-2-4-9(7-8)10-11(14)13-6-5-12-10/h2-4,7,10,12H,5-6H2,1H3,(H,13,14)/t10-/m0/s1. The van der Waals surface area contributed by atoms with Crippen molar-refractivity contribution in [2.24, 2.45) is 0 Å². The molecule has 2 N–H and O–H groups in total. The van der Waals surface area contributed by atoms with E-state index in [1.165, 1.54) is 5.56 Å². The summed E-state index contributed by atoms with van der Waals surface area (Å²) in [6, 6.07) is 7.86. The van der Waals surface area contributed by atoms with Crippen molar-refractivity contribution in [3.05, 3.63) is 35.4 Å². The van der Waals surface area contributed by atoms with E-state index >= 15 is 0 Å². The molecule has 0 saturated carbocycles. The van der Waals surface area contributed by atoms with E-state index in [-0.39, 0.29) is 11.9 Å². The molecule has 1 aromatic carbocycles. The molecule has 3 nitrogen and oxygen atoms in total. The van der Waals surface area contributed by atoms with E-state index in [9.17, 15) is 4.79 Å². The molecule has 1 aliphatic heterocycles. The zero-order valence-electron chi connectivity index (χ0n) is 8.21. The summed E-state index contributed by atoms with van der Waals surface area (Å²) in [7, 11) is 0. The minimum absolute atomic E-state index is 0.0712. The summed E-state index contributed by atoms with van der Waals surface area (Å²) in [4.78, 5) is 11.5. The molecule has 74 valence electrons. The van der Waals surface area contributed by atoms with Gasteiger partial charge in [0.1, 0.15) is 6.04 Å². The number of nitrogens with one attached hydrogen (secondary N) is 2. The van der Waals surface area contributed by atoms with Crippen LogP contribution < -0.4 is 10.6 Å². The smallest absolute Gasteiger partial charge is 0.241 e. The first-order valence-electron chi connectivity index (χ1n) is 4.85. The molecule has 1 aromatic rings. The van der Waals surface area contributed by atoms with Crippen LogP contribution in [-0.4, -0.2) is 19.0 Å². The van der Waals surface area contributed by atoms with Crippen molar-refractivity contribution in [1.29, 1.82) is 0 Å². The Kier molecular flexibility index (Phi) is 2.50. The van der Waals surface area contributed by atoms with E-state index in [1.54, 1.807) is 0 Å². The van der Waals surface area contributed by atoms with Gasteiger partial charge in [0.25, 0.3) is 0 Å². The largest absolute Gasteiger partial charge is 0.353 e. The summed E-state index contributed by atoms with van der Waals surface area (Å²) in [5, 5.41) is 6.05. The Hall–Kier alpha value is -1.35. The lowest BCUT2D eigenvalue weighted by Gasteiger charge is -2.23. The molecule has 0 unspecified atom stereocenters. The van der Waals surface area contributed by atoms with Gasteiger partial charge in [-0.2, -0.15) is 0 Å². The molecule has 2 rings (SSSR count). The molecule has 0 aliphatic carbocycles. The fourth-order valence-electron chi connectivity index (χ4n) is 1.72. The van der Waals surface area contributed by atoms with Gasteiger partial charge in [-0.15, -0.1) is 0 Å². The Morgan fingerprint density at radius 2 is 2.21 bits per heavy atom. The van der Waals surface area contributed by atoms with E-state index in [4.69, 9.17) is 0 Å². The van der Waals surface area contributed by atoms with Gasteiger partial charge >= 0.3 is 0 Å². The first-order chi connectivity index (χ1) is 6.77. The van der Waals surface area contributed by atoms with Crippen LogP contribution in [0.5, 0.6) is 0 Å². The lowest BCUT2D eigenvalue weighted by molar-refractivity contribution is -0.124. The van der Waals surface area contributed by atoms with Gasteiger partial charge in [-0.1, -0.05) is 29.8 Å². The Bertz CT molecular complexity index is 349. The van der Waals surface area contributed by atoms with E-state index < -0.39 is 0 Å². The average molecular weight is 190 g/mol. The van der Waals surface area contributed by atoms with Crippen LogP contribution in [0.2, 0.25) is 0 Å². The lowest BCUT2D eigenvalue weighted by atomic mass is 10.0. The minimum atomic E-state index is -0.177. The topological polar surface area (TPSA) is 41.1 Å². The molecule has 1 saturated heterocycles. The number of carbonyl (C=O) groups excluding carboxylic acids is 1. The number of aryl methyl sites for hydroxylation is 1. The van der Waals surface area contributed by atoms with E-state index in [2.05, 4.69) is 10.6 Å². The van der Waals surface area contributed by atoms with Crippen molar-refractivity contribution in [2.45, 2.75) is 13.0 Å². The van der Waals surface area contributed by atoms with Crippen LogP contribution in [-0.2, 0) is 4.79 Å². The monoisotopic (exact) mass is 190 g/mol. The fraction of sp³-hybridized carbons (Fsp3) is 0.364. The van der Waals surface area contributed by atoms with Gasteiger partial charge in [0, 0.05) is 13.1 Å². The Morgan fingerprint density at radius 3 is 2.93 bits per heavy atom. The molecule has 1 heterocycles. The molecule has 0 spiro atoms. The molecule has 1 aliphatic rings. The average Bonchev–Trinajstić information content (AvgIpc) is 2.18. The van der Waals surface area contributed by atoms with E-state index in [1.807, 2.05) is 31.2 Å². The lowest BCUT2D eigenvalue weighted by Crippen LogP contribution is -2.47. The first-order valence-corrected chi connectivity index (χ1v) is 4.85. The zero-order valence-corrected chi connectivity index (χ0v) is 8.21. The molecular formula is C11H14N2O. The second kappa shape index (κ2) is 3.80. The molecule has 0 bridgehead atoms. The Balaban J connectivity index is 2.24. The maximum absolute atomic E-state index is 11.5. The third-order valence-corrected chi connectivity index (χ3v) is 2.41. The van der Waals surface area contributed by atoms with Crippen molar-refractivity contribution >= 4 is 5.91 Å². The summed E-state index contributed by atoms with van der Waals surface area (Å²) < 4.78 is 0. The number of piperazine rings is 1. The van der Waals surface area contributed by atoms with Crippen molar-refractivity contribution in [3.8, 4) is 0 Å². The number of hydrogen-bond acceptors (Lipinski definition) is 2. The van der Waals surface area contributed by atoms with Gasteiger partial charge in [-0.3, -0.25) is 4.79 Å². The van der Waals surface area contributed by atoms with Gasteiger partial charge in [0.05, 0.1) is 0 Å². The summed E-state index contributed by atoms with van der Waals surface area (Å²) >= 11 is 0. The normalized spacial score (nSPS) is 21.8. The third-order valence-electron chi connectivity index (χ3n) is 2.41. The minimum Gasteiger partial charge on any atom is -0.353 e. The second-order valence-electron chi connectivity index (χ2n) is 3.59. The van der Waals surface area contributed by atoms with Gasteiger partial charge in [-0.25, -0.2) is 0 Å². The highest BCUT2D eigenvalue weighted by atomic mass is 16.2. The van der Waals surface area contributed by atoms with Crippen molar-refractivity contribution in [1.82, 2.24) is 10.6 Å². The maximum Gasteiger partial charge on any atom is 0.241 e. The van der Waals surface area contributed by atoms with Crippen LogP contribution in [0.3, 0.4) is 0 Å². The predicted molar refractivity (Wildman–Crippen MR) is 54.9 cm³/mol. The van der Waals surface area contributed by atoms with Crippen LogP contribution in [0.15, 0.2) is 24.3 Å². The van der Waals surface area contributed by atoms with Crippen LogP contribution >= 0.6 is 0 Å². The van der Waals surface area contributed by atoms with Crippen molar-refractivity contribution < 1.29 is 4.79 Å². The molecule has 1 amide bonds. The second-order valence-corrected chi connectivity index (χ2v) is 3.59.